The van der Waals surface area contributed by atoms with Crippen molar-refractivity contribution in [3.8, 4) is 0 Å². The lowest BCUT2D eigenvalue weighted by Gasteiger charge is -2.14. The number of rotatable bonds is 6. The minimum absolute atomic E-state index is 0. The summed E-state index contributed by atoms with van der Waals surface area (Å²) in [5, 5.41) is 23.3. The lowest BCUT2D eigenvalue weighted by atomic mass is 10.1. The fourth-order valence-corrected chi connectivity index (χ4v) is 2.05. The van der Waals surface area contributed by atoms with E-state index in [4.69, 9.17) is 5.21 Å². The monoisotopic (exact) mass is 312 g/mol. The Morgan fingerprint density at radius 3 is 2.76 bits per heavy atom. The number of pyridine rings is 1. The van der Waals surface area contributed by atoms with E-state index in [1.165, 1.54) is 0 Å². The van der Waals surface area contributed by atoms with Gasteiger partial charge in [-0.25, -0.2) is 5.21 Å². The van der Waals surface area contributed by atoms with Crippen LogP contribution in [0.25, 0.3) is 10.9 Å². The highest BCUT2D eigenvalue weighted by Crippen LogP contribution is 2.23. The van der Waals surface area contributed by atoms with Gasteiger partial charge in [0.05, 0.1) is 5.52 Å². The molecule has 1 aromatic carbocycles. The first-order chi connectivity index (χ1) is 9.58. The zero-order chi connectivity index (χ0) is 14.5. The highest BCUT2D eigenvalue weighted by molar-refractivity contribution is 5.92. The third kappa shape index (κ3) is 4.80. The number of anilines is 1. The Morgan fingerprint density at radius 1 is 1.33 bits per heavy atom. The summed E-state index contributed by atoms with van der Waals surface area (Å²) < 4.78 is 0. The van der Waals surface area contributed by atoms with Crippen LogP contribution in [0.2, 0.25) is 0 Å². The molecule has 0 fully saturated rings. The summed E-state index contributed by atoms with van der Waals surface area (Å²) in [4.78, 5) is 6.37. The van der Waals surface area contributed by atoms with Crippen molar-refractivity contribution in [1.82, 2.24) is 9.88 Å². The van der Waals surface area contributed by atoms with Crippen molar-refractivity contribution in [1.29, 1.82) is 0 Å². The quantitative estimate of drug-likeness (QED) is 0.555. The second kappa shape index (κ2) is 8.11. The Morgan fingerprint density at radius 2 is 2.10 bits per heavy atom. The molecule has 0 aliphatic heterocycles. The Balaban J connectivity index is 0.00000220. The molecule has 1 unspecified atom stereocenters. The van der Waals surface area contributed by atoms with Gasteiger partial charge in [0.1, 0.15) is 0 Å². The van der Waals surface area contributed by atoms with E-state index in [0.717, 1.165) is 30.6 Å². The molecule has 0 spiro atoms. The minimum Gasteiger partial charge on any atom is -0.595 e. The van der Waals surface area contributed by atoms with Gasteiger partial charge >= 0.3 is 0 Å². The van der Waals surface area contributed by atoms with Crippen LogP contribution in [0.15, 0.2) is 30.5 Å². The van der Waals surface area contributed by atoms with Crippen LogP contribution in [-0.4, -0.2) is 42.3 Å². The summed E-state index contributed by atoms with van der Waals surface area (Å²) >= 11 is 0. The van der Waals surface area contributed by atoms with E-state index in [1.807, 2.05) is 6.07 Å². The molecular weight excluding hydrogens is 292 g/mol. The van der Waals surface area contributed by atoms with Gasteiger partial charge in [-0.3, -0.25) is 4.98 Å². The molecule has 0 bridgehead atoms. The van der Waals surface area contributed by atoms with E-state index in [2.05, 4.69) is 29.3 Å². The van der Waals surface area contributed by atoms with E-state index in [9.17, 15) is 5.21 Å². The standard InChI is InChI=1S/C14H20N4O2.ClH/c1-17(2)9-3-7-15-13-6-8-16-14-10-11(18(19)20)4-5-12(13)14;/h4-6,8,10,18-19H,3,7,9H2,1-2H3,(H,15,16);1H. The van der Waals surface area contributed by atoms with Gasteiger partial charge in [-0.15, -0.1) is 12.4 Å². The molecule has 21 heavy (non-hydrogen) atoms. The molecule has 0 aliphatic carbocycles. The maximum absolute atomic E-state index is 11.0. The minimum atomic E-state index is -0.932. The van der Waals surface area contributed by atoms with Gasteiger partial charge in [0, 0.05) is 35.9 Å². The molecule has 1 heterocycles. The SMILES string of the molecule is CN(C)CCCNc1ccnc2cc([NH+]([O-])O)ccc12.Cl. The van der Waals surface area contributed by atoms with Gasteiger partial charge in [-0.1, -0.05) is 0 Å². The van der Waals surface area contributed by atoms with Crippen LogP contribution in [0.5, 0.6) is 0 Å². The first-order valence-corrected chi connectivity index (χ1v) is 6.58. The van der Waals surface area contributed by atoms with Crippen LogP contribution >= 0.6 is 12.4 Å². The summed E-state index contributed by atoms with van der Waals surface area (Å²) in [6, 6.07) is 6.93. The van der Waals surface area contributed by atoms with Crippen LogP contribution < -0.4 is 10.5 Å². The maximum Gasteiger partial charge on any atom is 0.165 e. The first kappa shape index (κ1) is 17.6. The van der Waals surface area contributed by atoms with Crippen molar-refractivity contribution in [2.45, 2.75) is 6.42 Å². The normalized spacial score (nSPS) is 12.2. The van der Waals surface area contributed by atoms with Crippen molar-refractivity contribution >= 4 is 34.7 Å². The number of nitrogens with zero attached hydrogens (tertiary/aromatic N) is 2. The molecule has 1 atom stereocenters. The van der Waals surface area contributed by atoms with E-state index in [-0.39, 0.29) is 18.1 Å². The number of fused-ring (bicyclic) bond motifs is 1. The Labute approximate surface area is 130 Å². The van der Waals surface area contributed by atoms with Crippen molar-refractivity contribution in [2.75, 3.05) is 32.5 Å². The van der Waals surface area contributed by atoms with Crippen LogP contribution in [-0.2, 0) is 0 Å². The van der Waals surface area contributed by atoms with Gasteiger partial charge in [-0.2, -0.15) is 5.23 Å². The number of hydrogen-bond acceptors (Lipinski definition) is 5. The average molecular weight is 313 g/mol. The molecule has 2 rings (SSSR count). The summed E-state index contributed by atoms with van der Waals surface area (Å²) in [6.07, 6.45) is 2.74. The van der Waals surface area contributed by atoms with Crippen molar-refractivity contribution in [3.05, 3.63) is 35.7 Å². The molecule has 7 heteroatoms. The number of quaternary nitrogens is 1. The van der Waals surface area contributed by atoms with Gasteiger partial charge < -0.3 is 15.4 Å². The Hall–Kier alpha value is -1.44. The van der Waals surface area contributed by atoms with Gasteiger partial charge in [0.15, 0.2) is 5.69 Å². The predicted octanol–water partition coefficient (Wildman–Crippen LogP) is 1.42. The second-order valence-electron chi connectivity index (χ2n) is 4.98. The Bertz CT molecular complexity index is 578. The van der Waals surface area contributed by atoms with Crippen LogP contribution in [0.4, 0.5) is 11.4 Å². The number of aromatic nitrogens is 1. The smallest absolute Gasteiger partial charge is 0.165 e. The number of benzene rings is 1. The van der Waals surface area contributed by atoms with Gasteiger partial charge in [0.2, 0.25) is 0 Å². The van der Waals surface area contributed by atoms with Crippen LogP contribution in [0, 0.1) is 5.21 Å². The lowest BCUT2D eigenvalue weighted by molar-refractivity contribution is -0.991. The highest BCUT2D eigenvalue weighted by atomic mass is 35.5. The average Bonchev–Trinajstić information content (AvgIpc) is 2.42. The molecule has 0 saturated carbocycles. The highest BCUT2D eigenvalue weighted by Gasteiger charge is 2.06. The van der Waals surface area contributed by atoms with E-state index >= 15 is 0 Å². The van der Waals surface area contributed by atoms with E-state index in [0.29, 0.717) is 5.52 Å². The molecule has 3 N–H and O–H groups in total. The number of halogens is 1. The summed E-state index contributed by atoms with van der Waals surface area (Å²) in [6.45, 7) is 1.90. The zero-order valence-electron chi connectivity index (χ0n) is 12.2. The van der Waals surface area contributed by atoms with Crippen LogP contribution in [0.1, 0.15) is 6.42 Å². The number of nitrogens with one attached hydrogen (secondary N) is 2. The van der Waals surface area contributed by atoms with Gasteiger partial charge in [-0.05, 0) is 39.2 Å². The molecule has 2 aromatic rings. The Kier molecular flexibility index (Phi) is 6.80. The second-order valence-corrected chi connectivity index (χ2v) is 4.98. The summed E-state index contributed by atoms with van der Waals surface area (Å²) in [5.41, 5.74) is 1.95. The predicted molar refractivity (Wildman–Crippen MR) is 86.4 cm³/mol. The van der Waals surface area contributed by atoms with E-state index in [1.54, 1.807) is 24.4 Å². The van der Waals surface area contributed by atoms with Crippen molar-refractivity contribution in [3.63, 3.8) is 0 Å². The third-order valence-electron chi connectivity index (χ3n) is 3.09. The molecule has 0 amide bonds. The largest absolute Gasteiger partial charge is 0.595 e. The zero-order valence-corrected chi connectivity index (χ0v) is 13.0. The van der Waals surface area contributed by atoms with Gasteiger partial charge in [0.25, 0.3) is 0 Å². The molecule has 0 aliphatic rings. The van der Waals surface area contributed by atoms with Crippen LogP contribution in [0.3, 0.4) is 0 Å². The van der Waals surface area contributed by atoms with Crippen molar-refractivity contribution < 1.29 is 10.4 Å². The molecule has 0 radical (unpaired) electrons. The third-order valence-corrected chi connectivity index (χ3v) is 3.09. The summed E-state index contributed by atoms with van der Waals surface area (Å²) in [7, 11) is 4.10. The topological polar surface area (TPSA) is 75.9 Å². The molecule has 116 valence electrons. The summed E-state index contributed by atoms with van der Waals surface area (Å²) in [5.74, 6) is 0. The molecular formula is C14H21ClN4O2. The first-order valence-electron chi connectivity index (χ1n) is 6.58. The molecule has 0 saturated heterocycles. The fourth-order valence-electron chi connectivity index (χ4n) is 2.05. The van der Waals surface area contributed by atoms with Crippen molar-refractivity contribution in [2.24, 2.45) is 0 Å². The number of hydrogen-bond donors (Lipinski definition) is 3. The molecule has 6 nitrogen and oxygen atoms in total. The maximum atomic E-state index is 11.0. The lowest BCUT2D eigenvalue weighted by Crippen LogP contribution is -2.99. The fraction of sp³-hybridized carbons (Fsp3) is 0.357. The molecule has 1 aromatic heterocycles. The van der Waals surface area contributed by atoms with E-state index < -0.39 is 5.23 Å².